The van der Waals surface area contributed by atoms with Gasteiger partial charge in [-0.1, -0.05) is 42.5 Å². The van der Waals surface area contributed by atoms with Gasteiger partial charge in [-0.25, -0.2) is 4.79 Å². The van der Waals surface area contributed by atoms with Gasteiger partial charge in [-0.3, -0.25) is 9.78 Å². The number of ether oxygens (including phenoxy) is 1. The summed E-state index contributed by atoms with van der Waals surface area (Å²) in [5, 5.41) is 2.31. The number of pyridine rings is 1. The van der Waals surface area contributed by atoms with Crippen LogP contribution in [0, 0.1) is 0 Å². The van der Waals surface area contributed by atoms with Crippen LogP contribution < -0.4 is 0 Å². The van der Waals surface area contributed by atoms with E-state index >= 15 is 0 Å². The van der Waals surface area contributed by atoms with Gasteiger partial charge in [0.25, 0.3) is 0 Å². The molecule has 6 rings (SSSR count). The molecule has 3 aromatic rings. The molecule has 3 aliphatic rings. The highest BCUT2D eigenvalue weighted by Crippen LogP contribution is 2.53. The van der Waals surface area contributed by atoms with E-state index in [1.54, 1.807) is 12.4 Å². The van der Waals surface area contributed by atoms with Crippen LogP contribution in [0.2, 0.25) is 0 Å². The number of rotatable bonds is 2. The van der Waals surface area contributed by atoms with Crippen LogP contribution in [0.4, 0.5) is 0 Å². The monoisotopic (exact) mass is 384 g/mol. The molecule has 1 spiro atoms. The Morgan fingerprint density at radius 2 is 1.83 bits per heavy atom. The maximum Gasteiger partial charge on any atom is 0.341 e. The number of likely N-dealkylation sites (tertiary alicyclic amines) is 1. The Morgan fingerprint density at radius 1 is 1.00 bits per heavy atom. The minimum atomic E-state index is -0.722. The zero-order valence-corrected chi connectivity index (χ0v) is 15.9. The summed E-state index contributed by atoms with van der Waals surface area (Å²) in [6.07, 6.45) is 5.61. The third-order valence-corrected chi connectivity index (χ3v) is 6.80. The van der Waals surface area contributed by atoms with Crippen molar-refractivity contribution in [3.05, 3.63) is 77.6 Å². The van der Waals surface area contributed by atoms with E-state index in [2.05, 4.69) is 29.2 Å². The molecule has 144 valence electrons. The molecular weight excluding hydrogens is 364 g/mol. The van der Waals surface area contributed by atoms with Crippen molar-refractivity contribution < 1.29 is 14.3 Å². The van der Waals surface area contributed by atoms with E-state index in [9.17, 15) is 9.59 Å². The molecule has 3 heterocycles. The van der Waals surface area contributed by atoms with Crippen LogP contribution in [0.25, 0.3) is 10.8 Å². The molecule has 0 radical (unpaired) electrons. The van der Waals surface area contributed by atoms with Gasteiger partial charge in [-0.05, 0) is 35.2 Å². The van der Waals surface area contributed by atoms with Crippen molar-refractivity contribution >= 4 is 22.6 Å². The second kappa shape index (κ2) is 5.66. The standard InChI is InChI=1S/C24H20N2O3/c27-21-18-14-25-12-8-20(18)24(29-21)11-13-26(15-24)22(28)23(9-10-23)19-7-3-5-16-4-1-2-6-17(16)19/h1-8,12,14H,9-11,13,15H2. The Hall–Kier alpha value is -3.21. The molecule has 1 aromatic heterocycles. The number of hydrogen-bond acceptors (Lipinski definition) is 4. The van der Waals surface area contributed by atoms with Crippen LogP contribution >= 0.6 is 0 Å². The van der Waals surface area contributed by atoms with Gasteiger partial charge in [-0.15, -0.1) is 0 Å². The van der Waals surface area contributed by atoms with Gasteiger partial charge in [0, 0.05) is 30.9 Å². The van der Waals surface area contributed by atoms with Crippen molar-refractivity contribution in [1.82, 2.24) is 9.88 Å². The fourth-order valence-electron chi connectivity index (χ4n) is 5.17. The average Bonchev–Trinajstić information content (AvgIpc) is 3.39. The van der Waals surface area contributed by atoms with Crippen LogP contribution in [-0.4, -0.2) is 34.8 Å². The highest BCUT2D eigenvalue weighted by atomic mass is 16.6. The molecule has 5 nitrogen and oxygen atoms in total. The Balaban J connectivity index is 1.35. The number of nitrogens with zero attached hydrogens (tertiary/aromatic N) is 2. The van der Waals surface area contributed by atoms with E-state index in [-0.39, 0.29) is 11.9 Å². The Kier molecular flexibility index (Phi) is 3.26. The zero-order valence-electron chi connectivity index (χ0n) is 15.9. The Bertz CT molecular complexity index is 1180. The van der Waals surface area contributed by atoms with E-state index in [1.165, 1.54) is 0 Å². The van der Waals surface area contributed by atoms with Gasteiger partial charge in [0.2, 0.25) is 5.91 Å². The molecule has 0 N–H and O–H groups in total. The molecule has 2 aliphatic heterocycles. The number of esters is 1. The molecule has 2 fully saturated rings. The lowest BCUT2D eigenvalue weighted by atomic mass is 9.89. The van der Waals surface area contributed by atoms with Crippen molar-refractivity contribution in [1.29, 1.82) is 0 Å². The smallest absolute Gasteiger partial charge is 0.341 e. The van der Waals surface area contributed by atoms with Gasteiger partial charge in [0.05, 0.1) is 17.5 Å². The van der Waals surface area contributed by atoms with Crippen LogP contribution in [0.1, 0.15) is 40.7 Å². The van der Waals surface area contributed by atoms with Crippen LogP contribution in [0.15, 0.2) is 60.9 Å². The van der Waals surface area contributed by atoms with Crippen molar-refractivity contribution in [2.45, 2.75) is 30.3 Å². The molecule has 1 saturated carbocycles. The number of hydrogen-bond donors (Lipinski definition) is 0. The third-order valence-electron chi connectivity index (χ3n) is 6.80. The van der Waals surface area contributed by atoms with Crippen LogP contribution in [-0.2, 0) is 20.5 Å². The first-order valence-electron chi connectivity index (χ1n) is 10.1. The maximum atomic E-state index is 13.7. The number of amides is 1. The first kappa shape index (κ1) is 16.7. The van der Waals surface area contributed by atoms with Gasteiger partial charge in [-0.2, -0.15) is 0 Å². The maximum absolute atomic E-state index is 13.7. The fourth-order valence-corrected chi connectivity index (χ4v) is 5.17. The quantitative estimate of drug-likeness (QED) is 0.634. The summed E-state index contributed by atoms with van der Waals surface area (Å²) in [6.45, 7) is 1.02. The molecule has 5 heteroatoms. The second-order valence-corrected chi connectivity index (χ2v) is 8.39. The molecule has 0 bridgehead atoms. The molecule has 29 heavy (non-hydrogen) atoms. The van der Waals surface area contributed by atoms with Crippen LogP contribution in [0.5, 0.6) is 0 Å². The summed E-state index contributed by atoms with van der Waals surface area (Å²) in [6, 6.07) is 16.3. The summed E-state index contributed by atoms with van der Waals surface area (Å²) in [5.74, 6) is -0.179. The molecule has 2 aromatic carbocycles. The highest BCUT2D eigenvalue weighted by molar-refractivity contribution is 5.99. The molecule has 1 amide bonds. The molecule has 1 saturated heterocycles. The van der Waals surface area contributed by atoms with E-state index in [1.807, 2.05) is 29.2 Å². The third kappa shape index (κ3) is 2.24. The normalized spacial score (nSPS) is 24.0. The first-order valence-corrected chi connectivity index (χ1v) is 10.1. The van der Waals surface area contributed by atoms with E-state index < -0.39 is 11.0 Å². The van der Waals surface area contributed by atoms with Gasteiger partial charge < -0.3 is 9.64 Å². The summed E-state index contributed by atoms with van der Waals surface area (Å²) in [5.41, 5.74) is 1.34. The number of carbonyl (C=O) groups is 2. The van der Waals surface area contributed by atoms with E-state index in [0.717, 1.165) is 34.7 Å². The van der Waals surface area contributed by atoms with Gasteiger partial charge in [0.15, 0.2) is 5.60 Å². The Morgan fingerprint density at radius 3 is 2.69 bits per heavy atom. The van der Waals surface area contributed by atoms with Crippen molar-refractivity contribution in [3.8, 4) is 0 Å². The lowest BCUT2D eigenvalue weighted by Crippen LogP contribution is -2.40. The molecule has 1 unspecified atom stereocenters. The lowest BCUT2D eigenvalue weighted by molar-refractivity contribution is -0.134. The minimum absolute atomic E-state index is 0.157. The molecule has 1 atom stereocenters. The molecular formula is C24H20N2O3. The van der Waals surface area contributed by atoms with Gasteiger partial charge in [0.1, 0.15) is 0 Å². The topological polar surface area (TPSA) is 59.5 Å². The number of carbonyl (C=O) groups excluding carboxylic acids is 2. The van der Waals surface area contributed by atoms with Gasteiger partial charge >= 0.3 is 5.97 Å². The lowest BCUT2D eigenvalue weighted by Gasteiger charge is -2.27. The number of aromatic nitrogens is 1. The number of benzene rings is 2. The SMILES string of the molecule is O=C1OC2(CCN(C(=O)C3(c4cccc5ccccc45)CC3)C2)c2ccncc21. The Labute approximate surface area is 168 Å². The van der Waals surface area contributed by atoms with E-state index in [4.69, 9.17) is 4.74 Å². The average molecular weight is 384 g/mol. The fraction of sp³-hybridized carbons (Fsp3) is 0.292. The largest absolute Gasteiger partial charge is 0.449 e. The van der Waals surface area contributed by atoms with Crippen molar-refractivity contribution in [2.24, 2.45) is 0 Å². The number of fused-ring (bicyclic) bond motifs is 3. The minimum Gasteiger partial charge on any atom is -0.449 e. The second-order valence-electron chi connectivity index (χ2n) is 8.39. The van der Waals surface area contributed by atoms with E-state index in [0.29, 0.717) is 25.1 Å². The summed E-state index contributed by atoms with van der Waals surface area (Å²) in [7, 11) is 0. The zero-order chi connectivity index (χ0) is 19.6. The molecule has 1 aliphatic carbocycles. The summed E-state index contributed by atoms with van der Waals surface area (Å²) in [4.78, 5) is 31.9. The predicted molar refractivity (Wildman–Crippen MR) is 107 cm³/mol. The highest BCUT2D eigenvalue weighted by Gasteiger charge is 2.58. The van der Waals surface area contributed by atoms with Crippen molar-refractivity contribution in [3.63, 3.8) is 0 Å². The first-order chi connectivity index (χ1) is 14.1. The van der Waals surface area contributed by atoms with Crippen LogP contribution in [0.3, 0.4) is 0 Å². The summed E-state index contributed by atoms with van der Waals surface area (Å²) >= 11 is 0. The van der Waals surface area contributed by atoms with Crippen molar-refractivity contribution in [2.75, 3.05) is 13.1 Å². The predicted octanol–water partition coefficient (Wildman–Crippen LogP) is 3.56. The summed E-state index contributed by atoms with van der Waals surface area (Å²) < 4.78 is 5.80.